The van der Waals surface area contributed by atoms with Crippen LogP contribution >= 0.6 is 0 Å². The van der Waals surface area contributed by atoms with E-state index in [0.29, 0.717) is 22.8 Å². The van der Waals surface area contributed by atoms with Gasteiger partial charge in [-0.15, -0.1) is 0 Å². The molecule has 6 heteroatoms. The van der Waals surface area contributed by atoms with Crippen LogP contribution < -0.4 is 9.47 Å². The van der Waals surface area contributed by atoms with Gasteiger partial charge in [-0.1, -0.05) is 6.07 Å². The van der Waals surface area contributed by atoms with Crippen molar-refractivity contribution in [1.29, 1.82) is 0 Å². The SMILES string of the molecule is COC(=O)c1cccc(OC)c1OCc1cnccn1. The highest BCUT2D eigenvalue weighted by Gasteiger charge is 2.17. The Kier molecular flexibility index (Phi) is 4.49. The lowest BCUT2D eigenvalue weighted by molar-refractivity contribution is 0.0594. The van der Waals surface area contributed by atoms with E-state index < -0.39 is 5.97 Å². The summed E-state index contributed by atoms with van der Waals surface area (Å²) in [6.45, 7) is 0.179. The van der Waals surface area contributed by atoms with Crippen LogP contribution in [0.4, 0.5) is 0 Å². The van der Waals surface area contributed by atoms with Crippen LogP contribution in [0.5, 0.6) is 11.5 Å². The first-order valence-corrected chi connectivity index (χ1v) is 5.89. The Morgan fingerprint density at radius 1 is 1.25 bits per heavy atom. The summed E-state index contributed by atoms with van der Waals surface area (Å²) in [7, 11) is 2.82. The lowest BCUT2D eigenvalue weighted by Gasteiger charge is -2.13. The van der Waals surface area contributed by atoms with Crippen molar-refractivity contribution in [2.24, 2.45) is 0 Å². The molecule has 0 atom stereocenters. The van der Waals surface area contributed by atoms with Crippen LogP contribution in [0.2, 0.25) is 0 Å². The third kappa shape index (κ3) is 3.03. The summed E-state index contributed by atoms with van der Waals surface area (Å²) >= 11 is 0. The van der Waals surface area contributed by atoms with Crippen LogP contribution in [-0.4, -0.2) is 30.2 Å². The molecule has 6 nitrogen and oxygen atoms in total. The van der Waals surface area contributed by atoms with Gasteiger partial charge in [0.05, 0.1) is 26.1 Å². The van der Waals surface area contributed by atoms with Crippen LogP contribution in [0.3, 0.4) is 0 Å². The van der Waals surface area contributed by atoms with Crippen molar-refractivity contribution in [3.05, 3.63) is 48.0 Å². The normalized spacial score (nSPS) is 9.90. The van der Waals surface area contributed by atoms with Gasteiger partial charge in [-0.05, 0) is 12.1 Å². The summed E-state index contributed by atoms with van der Waals surface area (Å²) in [5, 5.41) is 0. The van der Waals surface area contributed by atoms with Crippen molar-refractivity contribution in [1.82, 2.24) is 9.97 Å². The van der Waals surface area contributed by atoms with E-state index in [1.165, 1.54) is 14.2 Å². The molecule has 0 fully saturated rings. The number of methoxy groups -OCH3 is 2. The van der Waals surface area contributed by atoms with Gasteiger partial charge >= 0.3 is 5.97 Å². The number of carbonyl (C=O) groups excluding carboxylic acids is 1. The largest absolute Gasteiger partial charge is 0.493 e. The molecule has 0 aliphatic rings. The van der Waals surface area contributed by atoms with Crippen molar-refractivity contribution >= 4 is 5.97 Å². The zero-order chi connectivity index (χ0) is 14.4. The minimum Gasteiger partial charge on any atom is -0.493 e. The number of hydrogen-bond donors (Lipinski definition) is 0. The molecule has 0 amide bonds. The molecule has 20 heavy (non-hydrogen) atoms. The minimum atomic E-state index is -0.488. The van der Waals surface area contributed by atoms with Gasteiger partial charge in [-0.25, -0.2) is 4.79 Å². The number of benzene rings is 1. The topological polar surface area (TPSA) is 70.5 Å². The molecule has 0 N–H and O–H groups in total. The molecule has 0 saturated carbocycles. The molecule has 2 aromatic rings. The maximum absolute atomic E-state index is 11.7. The predicted molar refractivity (Wildman–Crippen MR) is 70.7 cm³/mol. The van der Waals surface area contributed by atoms with E-state index in [1.807, 2.05) is 0 Å². The molecule has 0 saturated heterocycles. The van der Waals surface area contributed by atoms with E-state index in [4.69, 9.17) is 14.2 Å². The molecule has 0 bridgehead atoms. The second-order valence-electron chi connectivity index (χ2n) is 3.81. The monoisotopic (exact) mass is 274 g/mol. The van der Waals surface area contributed by atoms with E-state index in [2.05, 4.69) is 9.97 Å². The number of nitrogens with zero attached hydrogens (tertiary/aromatic N) is 2. The van der Waals surface area contributed by atoms with E-state index in [0.717, 1.165) is 0 Å². The standard InChI is InChI=1S/C14H14N2O4/c1-18-12-5-3-4-11(14(17)19-2)13(12)20-9-10-8-15-6-7-16-10/h3-8H,9H2,1-2H3. The third-order valence-electron chi connectivity index (χ3n) is 2.59. The molecule has 1 aromatic heterocycles. The van der Waals surface area contributed by atoms with Gasteiger partial charge in [0.1, 0.15) is 12.2 Å². The molecule has 1 heterocycles. The van der Waals surface area contributed by atoms with Crippen molar-refractivity contribution in [3.63, 3.8) is 0 Å². The van der Waals surface area contributed by atoms with Crippen molar-refractivity contribution in [3.8, 4) is 11.5 Å². The molecule has 0 aliphatic heterocycles. The van der Waals surface area contributed by atoms with Crippen LogP contribution in [0.1, 0.15) is 16.1 Å². The average Bonchev–Trinajstić information content (AvgIpc) is 2.52. The molecule has 0 unspecified atom stereocenters. The summed E-state index contributed by atoms with van der Waals surface area (Å²) in [5.41, 5.74) is 0.949. The smallest absolute Gasteiger partial charge is 0.341 e. The third-order valence-corrected chi connectivity index (χ3v) is 2.59. The Bertz CT molecular complexity index is 587. The molecular formula is C14H14N2O4. The Balaban J connectivity index is 2.26. The fourth-order valence-corrected chi connectivity index (χ4v) is 1.65. The Morgan fingerprint density at radius 2 is 2.10 bits per heavy atom. The van der Waals surface area contributed by atoms with Gasteiger partial charge in [0, 0.05) is 12.4 Å². The van der Waals surface area contributed by atoms with Crippen molar-refractivity contribution in [2.75, 3.05) is 14.2 Å². The molecular weight excluding hydrogens is 260 g/mol. The van der Waals surface area contributed by atoms with E-state index in [1.54, 1.807) is 36.8 Å². The fraction of sp³-hybridized carbons (Fsp3) is 0.214. The van der Waals surface area contributed by atoms with E-state index in [-0.39, 0.29) is 6.61 Å². The first kappa shape index (κ1) is 13.8. The van der Waals surface area contributed by atoms with E-state index >= 15 is 0 Å². The number of ether oxygens (including phenoxy) is 3. The Labute approximate surface area is 116 Å². The first-order valence-electron chi connectivity index (χ1n) is 5.89. The van der Waals surface area contributed by atoms with Crippen molar-refractivity contribution < 1.29 is 19.0 Å². The van der Waals surface area contributed by atoms with Gasteiger partial charge < -0.3 is 14.2 Å². The second-order valence-corrected chi connectivity index (χ2v) is 3.81. The number of para-hydroxylation sites is 1. The number of hydrogen-bond acceptors (Lipinski definition) is 6. The summed E-state index contributed by atoms with van der Waals surface area (Å²) in [6, 6.07) is 5.01. The Morgan fingerprint density at radius 3 is 2.75 bits per heavy atom. The average molecular weight is 274 g/mol. The lowest BCUT2D eigenvalue weighted by Crippen LogP contribution is -2.07. The Hall–Kier alpha value is -2.63. The van der Waals surface area contributed by atoms with Gasteiger partial charge in [0.15, 0.2) is 11.5 Å². The maximum Gasteiger partial charge on any atom is 0.341 e. The number of esters is 1. The molecule has 1 aromatic carbocycles. The van der Waals surface area contributed by atoms with Crippen molar-refractivity contribution in [2.45, 2.75) is 6.61 Å². The molecule has 0 radical (unpaired) electrons. The van der Waals surface area contributed by atoms with Crippen LogP contribution in [0.25, 0.3) is 0 Å². The fourth-order valence-electron chi connectivity index (χ4n) is 1.65. The minimum absolute atomic E-state index is 0.179. The first-order chi connectivity index (χ1) is 9.76. The predicted octanol–water partition coefficient (Wildman–Crippen LogP) is 1.85. The van der Waals surface area contributed by atoms with E-state index in [9.17, 15) is 4.79 Å². The maximum atomic E-state index is 11.7. The quantitative estimate of drug-likeness (QED) is 0.775. The number of aromatic nitrogens is 2. The summed E-state index contributed by atoms with van der Waals surface area (Å²) < 4.78 is 15.6. The van der Waals surface area contributed by atoms with Crippen LogP contribution in [0.15, 0.2) is 36.8 Å². The second kappa shape index (κ2) is 6.51. The van der Waals surface area contributed by atoms with Gasteiger partial charge in [0.2, 0.25) is 0 Å². The van der Waals surface area contributed by atoms with Gasteiger partial charge in [-0.2, -0.15) is 0 Å². The van der Waals surface area contributed by atoms with Crippen LogP contribution in [0, 0.1) is 0 Å². The zero-order valence-corrected chi connectivity index (χ0v) is 11.2. The molecule has 104 valence electrons. The van der Waals surface area contributed by atoms with Crippen LogP contribution in [-0.2, 0) is 11.3 Å². The zero-order valence-electron chi connectivity index (χ0n) is 11.2. The summed E-state index contributed by atoms with van der Waals surface area (Å²) in [4.78, 5) is 19.8. The van der Waals surface area contributed by atoms with Gasteiger partial charge in [-0.3, -0.25) is 9.97 Å². The molecule has 0 aliphatic carbocycles. The highest BCUT2D eigenvalue weighted by molar-refractivity contribution is 5.93. The summed E-state index contributed by atoms with van der Waals surface area (Å²) in [5.74, 6) is 0.294. The molecule has 0 spiro atoms. The lowest BCUT2D eigenvalue weighted by atomic mass is 10.2. The highest BCUT2D eigenvalue weighted by Crippen LogP contribution is 2.32. The summed E-state index contributed by atoms with van der Waals surface area (Å²) in [6.07, 6.45) is 4.74. The highest BCUT2D eigenvalue weighted by atomic mass is 16.5. The number of carbonyl (C=O) groups is 1. The molecule has 2 rings (SSSR count). The number of rotatable bonds is 5. The van der Waals surface area contributed by atoms with Gasteiger partial charge in [0.25, 0.3) is 0 Å².